The van der Waals surface area contributed by atoms with E-state index < -0.39 is 0 Å². The second-order valence-corrected chi connectivity index (χ2v) is 5.48. The molecule has 0 bridgehead atoms. The van der Waals surface area contributed by atoms with E-state index in [4.69, 9.17) is 0 Å². The molecule has 0 atom stereocenters. The van der Waals surface area contributed by atoms with E-state index >= 15 is 0 Å². The van der Waals surface area contributed by atoms with Gasteiger partial charge in [0.15, 0.2) is 0 Å². The Balaban J connectivity index is 1.58. The maximum absolute atomic E-state index is 11.8. The van der Waals surface area contributed by atoms with E-state index in [2.05, 4.69) is 10.6 Å². The third kappa shape index (κ3) is 2.76. The number of hydrogen-bond donors (Lipinski definition) is 2. The smallest absolute Gasteiger partial charge is 0.321 e. The van der Waals surface area contributed by atoms with Gasteiger partial charge in [0.2, 0.25) is 5.91 Å². The lowest BCUT2D eigenvalue weighted by Crippen LogP contribution is -2.27. The van der Waals surface area contributed by atoms with Crippen LogP contribution in [0.2, 0.25) is 0 Å². The SMILES string of the molecule is O=C(CC1CCC1)Nc1ccc(N2CCNC2=O)cc1. The van der Waals surface area contributed by atoms with Gasteiger partial charge in [0.05, 0.1) is 0 Å². The number of urea groups is 1. The maximum Gasteiger partial charge on any atom is 0.321 e. The second kappa shape index (κ2) is 5.53. The molecule has 0 radical (unpaired) electrons. The molecule has 1 aliphatic heterocycles. The summed E-state index contributed by atoms with van der Waals surface area (Å²) in [5.41, 5.74) is 1.65. The average molecular weight is 273 g/mol. The van der Waals surface area contributed by atoms with Crippen LogP contribution in [-0.2, 0) is 4.79 Å². The highest BCUT2D eigenvalue weighted by Crippen LogP contribution is 2.29. The predicted octanol–water partition coefficient (Wildman–Crippen LogP) is 2.34. The fourth-order valence-corrected chi connectivity index (χ4v) is 2.61. The first-order chi connectivity index (χ1) is 9.72. The van der Waals surface area contributed by atoms with Crippen LogP contribution in [-0.4, -0.2) is 25.0 Å². The molecule has 1 saturated heterocycles. The number of nitrogens with zero attached hydrogens (tertiary/aromatic N) is 1. The van der Waals surface area contributed by atoms with Crippen molar-refractivity contribution in [2.45, 2.75) is 25.7 Å². The van der Waals surface area contributed by atoms with Crippen LogP contribution in [0.5, 0.6) is 0 Å². The quantitative estimate of drug-likeness (QED) is 0.884. The summed E-state index contributed by atoms with van der Waals surface area (Å²) in [4.78, 5) is 25.1. The van der Waals surface area contributed by atoms with Crippen molar-refractivity contribution in [3.8, 4) is 0 Å². The van der Waals surface area contributed by atoms with Crippen molar-refractivity contribution in [1.29, 1.82) is 0 Å². The zero-order chi connectivity index (χ0) is 13.9. The number of carbonyl (C=O) groups is 2. The number of nitrogens with one attached hydrogen (secondary N) is 2. The lowest BCUT2D eigenvalue weighted by molar-refractivity contribution is -0.117. The molecular weight excluding hydrogens is 254 g/mol. The van der Waals surface area contributed by atoms with Crippen LogP contribution in [0.15, 0.2) is 24.3 Å². The largest absolute Gasteiger partial charge is 0.336 e. The minimum atomic E-state index is -0.0632. The van der Waals surface area contributed by atoms with Gasteiger partial charge in [0, 0.05) is 30.9 Å². The molecule has 2 aliphatic rings. The number of amides is 3. The number of benzene rings is 1. The van der Waals surface area contributed by atoms with Crippen molar-refractivity contribution < 1.29 is 9.59 Å². The lowest BCUT2D eigenvalue weighted by Gasteiger charge is -2.24. The average Bonchev–Trinajstić information content (AvgIpc) is 2.81. The van der Waals surface area contributed by atoms with Gasteiger partial charge in [-0.25, -0.2) is 4.79 Å². The zero-order valence-electron chi connectivity index (χ0n) is 11.4. The molecule has 1 aromatic rings. The Hall–Kier alpha value is -2.04. The molecule has 20 heavy (non-hydrogen) atoms. The first-order valence-electron chi connectivity index (χ1n) is 7.17. The Morgan fingerprint density at radius 2 is 2.05 bits per heavy atom. The predicted molar refractivity (Wildman–Crippen MR) is 77.8 cm³/mol. The van der Waals surface area contributed by atoms with Crippen molar-refractivity contribution in [3.05, 3.63) is 24.3 Å². The molecule has 2 N–H and O–H groups in total. The molecule has 5 nitrogen and oxygen atoms in total. The van der Waals surface area contributed by atoms with Gasteiger partial charge >= 0.3 is 6.03 Å². The highest BCUT2D eigenvalue weighted by Gasteiger charge is 2.22. The highest BCUT2D eigenvalue weighted by atomic mass is 16.2. The molecule has 0 unspecified atom stereocenters. The van der Waals surface area contributed by atoms with Crippen LogP contribution >= 0.6 is 0 Å². The summed E-state index contributed by atoms with van der Waals surface area (Å²) < 4.78 is 0. The van der Waals surface area contributed by atoms with Gasteiger partial charge in [0.25, 0.3) is 0 Å². The standard InChI is InChI=1S/C15H19N3O2/c19-14(10-11-2-1-3-11)17-12-4-6-13(7-5-12)18-9-8-16-15(18)20/h4-7,11H,1-3,8-10H2,(H,16,20)(H,17,19). The summed E-state index contributed by atoms with van der Waals surface area (Å²) in [7, 11) is 0. The normalized spacial score (nSPS) is 18.6. The van der Waals surface area contributed by atoms with Crippen molar-refractivity contribution in [3.63, 3.8) is 0 Å². The molecule has 5 heteroatoms. The summed E-state index contributed by atoms with van der Waals surface area (Å²) in [5.74, 6) is 0.656. The van der Waals surface area contributed by atoms with E-state index in [9.17, 15) is 9.59 Å². The second-order valence-electron chi connectivity index (χ2n) is 5.48. The van der Waals surface area contributed by atoms with Crippen LogP contribution in [0.1, 0.15) is 25.7 Å². The van der Waals surface area contributed by atoms with Gasteiger partial charge < -0.3 is 10.6 Å². The van der Waals surface area contributed by atoms with Gasteiger partial charge in [0.1, 0.15) is 0 Å². The van der Waals surface area contributed by atoms with E-state index in [0.717, 1.165) is 11.4 Å². The lowest BCUT2D eigenvalue weighted by atomic mass is 9.83. The van der Waals surface area contributed by atoms with Crippen molar-refractivity contribution >= 4 is 23.3 Å². The molecule has 106 valence electrons. The first-order valence-corrected chi connectivity index (χ1v) is 7.17. The Kier molecular flexibility index (Phi) is 3.58. The Morgan fingerprint density at radius 1 is 1.30 bits per heavy atom. The Morgan fingerprint density at radius 3 is 2.60 bits per heavy atom. The molecule has 1 saturated carbocycles. The van der Waals surface area contributed by atoms with Gasteiger partial charge in [-0.2, -0.15) is 0 Å². The molecule has 0 aromatic heterocycles. The highest BCUT2D eigenvalue weighted by molar-refractivity contribution is 5.95. The topological polar surface area (TPSA) is 61.4 Å². The molecule has 1 aliphatic carbocycles. The minimum Gasteiger partial charge on any atom is -0.336 e. The monoisotopic (exact) mass is 273 g/mol. The molecule has 1 heterocycles. The minimum absolute atomic E-state index is 0.0632. The van der Waals surface area contributed by atoms with Gasteiger partial charge in [-0.15, -0.1) is 0 Å². The summed E-state index contributed by atoms with van der Waals surface area (Å²) >= 11 is 0. The van der Waals surface area contributed by atoms with E-state index in [-0.39, 0.29) is 11.9 Å². The van der Waals surface area contributed by atoms with Gasteiger partial charge in [-0.3, -0.25) is 9.69 Å². The fraction of sp³-hybridized carbons (Fsp3) is 0.467. The summed E-state index contributed by atoms with van der Waals surface area (Å²) in [6, 6.07) is 7.36. The fourth-order valence-electron chi connectivity index (χ4n) is 2.61. The van der Waals surface area contributed by atoms with Gasteiger partial charge in [-0.05, 0) is 43.0 Å². The first kappa shape index (κ1) is 13.0. The van der Waals surface area contributed by atoms with E-state index in [1.165, 1.54) is 19.3 Å². The number of anilines is 2. The molecule has 1 aromatic carbocycles. The number of carbonyl (C=O) groups excluding carboxylic acids is 2. The van der Waals surface area contributed by atoms with E-state index in [1.807, 2.05) is 24.3 Å². The molecule has 3 amide bonds. The van der Waals surface area contributed by atoms with Crippen LogP contribution < -0.4 is 15.5 Å². The van der Waals surface area contributed by atoms with Crippen molar-refractivity contribution in [2.75, 3.05) is 23.3 Å². The molecule has 0 spiro atoms. The van der Waals surface area contributed by atoms with Crippen molar-refractivity contribution in [1.82, 2.24) is 5.32 Å². The van der Waals surface area contributed by atoms with Crippen molar-refractivity contribution in [2.24, 2.45) is 5.92 Å². The van der Waals surface area contributed by atoms with Crippen LogP contribution in [0.25, 0.3) is 0 Å². The molecule has 2 fully saturated rings. The molecular formula is C15H19N3O2. The van der Waals surface area contributed by atoms with Crippen LogP contribution in [0.4, 0.5) is 16.2 Å². The Bertz CT molecular complexity index is 508. The number of hydrogen-bond acceptors (Lipinski definition) is 2. The molecule has 3 rings (SSSR count). The summed E-state index contributed by atoms with van der Waals surface area (Å²) in [6.45, 7) is 1.37. The van der Waals surface area contributed by atoms with E-state index in [0.29, 0.717) is 25.4 Å². The zero-order valence-corrected chi connectivity index (χ0v) is 11.4. The van der Waals surface area contributed by atoms with Crippen LogP contribution in [0, 0.1) is 5.92 Å². The summed E-state index contributed by atoms with van der Waals surface area (Å²) in [6.07, 6.45) is 4.23. The maximum atomic E-state index is 11.8. The van der Waals surface area contributed by atoms with Gasteiger partial charge in [-0.1, -0.05) is 6.42 Å². The van der Waals surface area contributed by atoms with Crippen LogP contribution in [0.3, 0.4) is 0 Å². The van der Waals surface area contributed by atoms with E-state index in [1.54, 1.807) is 4.90 Å². The third-order valence-electron chi connectivity index (χ3n) is 4.02. The number of rotatable bonds is 4. The Labute approximate surface area is 118 Å². The summed E-state index contributed by atoms with van der Waals surface area (Å²) in [5, 5.41) is 5.68. The third-order valence-corrected chi connectivity index (χ3v) is 4.02.